The van der Waals surface area contributed by atoms with Crippen LogP contribution in [-0.4, -0.2) is 36.2 Å². The Labute approximate surface area is 106 Å². The van der Waals surface area contributed by atoms with E-state index < -0.39 is 11.9 Å². The molecule has 0 aromatic rings. The molecule has 1 heterocycles. The molecule has 2 aliphatic carbocycles. The van der Waals surface area contributed by atoms with Gasteiger partial charge in [0, 0.05) is 5.92 Å². The first-order valence-electron chi connectivity index (χ1n) is 6.79. The molecule has 4 atom stereocenters. The van der Waals surface area contributed by atoms with Gasteiger partial charge < -0.3 is 15.2 Å². The molecule has 0 spiro atoms. The molecule has 0 radical (unpaired) electrons. The van der Waals surface area contributed by atoms with Crippen LogP contribution in [0.25, 0.3) is 0 Å². The molecular formula is C13H19NO4. The predicted octanol–water partition coefficient (Wildman–Crippen LogP) is 0.638. The van der Waals surface area contributed by atoms with Gasteiger partial charge in [0.15, 0.2) is 0 Å². The van der Waals surface area contributed by atoms with Gasteiger partial charge in [-0.1, -0.05) is 12.8 Å². The van der Waals surface area contributed by atoms with Crippen LogP contribution in [0, 0.1) is 23.7 Å². The molecule has 5 heteroatoms. The first-order chi connectivity index (χ1) is 8.68. The fourth-order valence-corrected chi connectivity index (χ4v) is 3.60. The van der Waals surface area contributed by atoms with Crippen molar-refractivity contribution in [1.82, 2.24) is 5.32 Å². The minimum absolute atomic E-state index is 0.0497. The number of fused-ring (bicyclic) bond motifs is 1. The second-order valence-corrected chi connectivity index (χ2v) is 5.74. The van der Waals surface area contributed by atoms with Crippen molar-refractivity contribution in [3.8, 4) is 0 Å². The van der Waals surface area contributed by atoms with Crippen molar-refractivity contribution < 1.29 is 19.4 Å². The highest BCUT2D eigenvalue weighted by Gasteiger charge is 2.55. The summed E-state index contributed by atoms with van der Waals surface area (Å²) in [6, 6.07) is -0.349. The summed E-state index contributed by atoms with van der Waals surface area (Å²) < 4.78 is 5.16. The third-order valence-corrected chi connectivity index (χ3v) is 4.68. The molecule has 5 nitrogen and oxygen atoms in total. The van der Waals surface area contributed by atoms with E-state index in [1.165, 1.54) is 12.8 Å². The molecule has 100 valence electrons. The van der Waals surface area contributed by atoms with Crippen molar-refractivity contribution >= 4 is 11.9 Å². The first kappa shape index (κ1) is 12.0. The molecule has 3 rings (SSSR count). The minimum Gasteiger partial charge on any atom is -0.481 e. The Kier molecular flexibility index (Phi) is 3.01. The number of hydrogen-bond acceptors (Lipinski definition) is 3. The summed E-state index contributed by atoms with van der Waals surface area (Å²) in [6.07, 6.45) is 4.78. The predicted molar refractivity (Wildman–Crippen MR) is 62.8 cm³/mol. The first-order valence-corrected chi connectivity index (χ1v) is 6.79. The number of carboxylic acids is 1. The summed E-state index contributed by atoms with van der Waals surface area (Å²) >= 11 is 0. The Balaban J connectivity index is 1.56. The Morgan fingerprint density at radius 3 is 2.39 bits per heavy atom. The number of carbonyl (C=O) groups excluding carboxylic acids is 1. The maximum atomic E-state index is 12.1. The molecule has 3 aliphatic rings. The maximum Gasteiger partial charge on any atom is 0.311 e. The van der Waals surface area contributed by atoms with Gasteiger partial charge in [-0.25, -0.2) is 0 Å². The van der Waals surface area contributed by atoms with Crippen LogP contribution in [-0.2, 0) is 14.3 Å². The van der Waals surface area contributed by atoms with Crippen molar-refractivity contribution in [3.05, 3.63) is 0 Å². The van der Waals surface area contributed by atoms with Crippen LogP contribution >= 0.6 is 0 Å². The van der Waals surface area contributed by atoms with Gasteiger partial charge in [-0.2, -0.15) is 0 Å². The zero-order chi connectivity index (χ0) is 12.7. The largest absolute Gasteiger partial charge is 0.481 e. The molecular weight excluding hydrogens is 234 g/mol. The number of aliphatic carboxylic acids is 1. The minimum atomic E-state index is -0.883. The quantitative estimate of drug-likeness (QED) is 0.774. The smallest absolute Gasteiger partial charge is 0.311 e. The van der Waals surface area contributed by atoms with Crippen LogP contribution in [0.1, 0.15) is 25.7 Å². The van der Waals surface area contributed by atoms with E-state index in [1.807, 2.05) is 0 Å². The molecule has 2 saturated carbocycles. The third kappa shape index (κ3) is 2.00. The third-order valence-electron chi connectivity index (χ3n) is 4.68. The van der Waals surface area contributed by atoms with E-state index in [9.17, 15) is 9.59 Å². The topological polar surface area (TPSA) is 75.6 Å². The van der Waals surface area contributed by atoms with Gasteiger partial charge >= 0.3 is 5.97 Å². The molecule has 0 aromatic carbocycles. The summed E-state index contributed by atoms with van der Waals surface area (Å²) in [5, 5.41) is 11.9. The molecule has 1 saturated heterocycles. The van der Waals surface area contributed by atoms with Crippen LogP contribution < -0.4 is 5.32 Å². The van der Waals surface area contributed by atoms with Crippen molar-refractivity contribution in [1.29, 1.82) is 0 Å². The van der Waals surface area contributed by atoms with Crippen LogP contribution in [0.4, 0.5) is 0 Å². The van der Waals surface area contributed by atoms with Gasteiger partial charge in [-0.3, -0.25) is 9.59 Å². The van der Waals surface area contributed by atoms with Crippen LogP contribution in [0.5, 0.6) is 0 Å². The molecule has 18 heavy (non-hydrogen) atoms. The Morgan fingerprint density at radius 2 is 1.78 bits per heavy atom. The number of carbonyl (C=O) groups is 2. The zero-order valence-corrected chi connectivity index (χ0v) is 10.3. The van der Waals surface area contributed by atoms with Gasteiger partial charge in [0.2, 0.25) is 5.91 Å². The van der Waals surface area contributed by atoms with E-state index in [1.54, 1.807) is 0 Å². The highest BCUT2D eigenvalue weighted by atomic mass is 16.5. The van der Waals surface area contributed by atoms with E-state index in [2.05, 4.69) is 5.32 Å². The van der Waals surface area contributed by atoms with E-state index in [0.29, 0.717) is 18.4 Å². The van der Waals surface area contributed by atoms with Crippen molar-refractivity contribution in [2.24, 2.45) is 23.7 Å². The van der Waals surface area contributed by atoms with Crippen molar-refractivity contribution in [2.45, 2.75) is 31.7 Å². The monoisotopic (exact) mass is 253 g/mol. The van der Waals surface area contributed by atoms with Crippen molar-refractivity contribution in [3.63, 3.8) is 0 Å². The number of rotatable bonds is 3. The number of hydrogen-bond donors (Lipinski definition) is 2. The Morgan fingerprint density at radius 1 is 1.11 bits per heavy atom. The molecule has 1 aliphatic heterocycles. The second-order valence-electron chi connectivity index (χ2n) is 5.74. The SMILES string of the molecule is O=C(O)C1COCC1NC(=O)C1C2CCCCC21. The van der Waals surface area contributed by atoms with Gasteiger partial charge in [-0.05, 0) is 24.7 Å². The van der Waals surface area contributed by atoms with E-state index in [-0.39, 0.29) is 24.5 Å². The lowest BCUT2D eigenvalue weighted by Gasteiger charge is -2.15. The fraction of sp³-hybridized carbons (Fsp3) is 0.846. The summed E-state index contributed by atoms with van der Waals surface area (Å²) in [4.78, 5) is 23.1. The highest BCUT2D eigenvalue weighted by molar-refractivity contribution is 5.83. The summed E-state index contributed by atoms with van der Waals surface area (Å²) in [7, 11) is 0. The Bertz CT molecular complexity index is 358. The lowest BCUT2D eigenvalue weighted by atomic mass is 10.0. The normalized spacial score (nSPS) is 42.1. The second kappa shape index (κ2) is 4.53. The van der Waals surface area contributed by atoms with E-state index in [0.717, 1.165) is 12.8 Å². The van der Waals surface area contributed by atoms with Crippen LogP contribution in [0.15, 0.2) is 0 Å². The summed E-state index contributed by atoms with van der Waals surface area (Å²) in [5.74, 6) is -0.161. The average Bonchev–Trinajstić information content (AvgIpc) is 2.90. The van der Waals surface area contributed by atoms with E-state index in [4.69, 9.17) is 9.84 Å². The number of amides is 1. The standard InChI is InChI=1S/C13H19NO4/c15-12(11-7-3-1-2-4-8(7)11)14-10-6-18-5-9(10)13(16)17/h7-11H,1-6H2,(H,14,15)(H,16,17). The molecule has 0 aromatic heterocycles. The maximum absolute atomic E-state index is 12.1. The lowest BCUT2D eigenvalue weighted by molar-refractivity contribution is -0.142. The summed E-state index contributed by atoms with van der Waals surface area (Å²) in [6.45, 7) is 0.530. The molecule has 4 unspecified atom stereocenters. The van der Waals surface area contributed by atoms with Gasteiger partial charge in [-0.15, -0.1) is 0 Å². The number of carboxylic acid groups (broad SMARTS) is 1. The summed E-state index contributed by atoms with van der Waals surface area (Å²) in [5.41, 5.74) is 0. The van der Waals surface area contributed by atoms with Gasteiger partial charge in [0.05, 0.1) is 19.3 Å². The Hall–Kier alpha value is -1.10. The zero-order valence-electron chi connectivity index (χ0n) is 10.3. The van der Waals surface area contributed by atoms with Crippen LogP contribution in [0.2, 0.25) is 0 Å². The average molecular weight is 253 g/mol. The molecule has 3 fully saturated rings. The molecule has 1 amide bonds. The van der Waals surface area contributed by atoms with Gasteiger partial charge in [0.25, 0.3) is 0 Å². The molecule has 2 N–H and O–H groups in total. The lowest BCUT2D eigenvalue weighted by Crippen LogP contribution is -2.43. The van der Waals surface area contributed by atoms with E-state index >= 15 is 0 Å². The number of nitrogens with one attached hydrogen (secondary N) is 1. The highest BCUT2D eigenvalue weighted by Crippen LogP contribution is 2.55. The number of ether oxygens (including phenoxy) is 1. The van der Waals surface area contributed by atoms with Crippen molar-refractivity contribution in [2.75, 3.05) is 13.2 Å². The fourth-order valence-electron chi connectivity index (χ4n) is 3.60. The van der Waals surface area contributed by atoms with Gasteiger partial charge in [0.1, 0.15) is 5.92 Å². The molecule has 0 bridgehead atoms. The van der Waals surface area contributed by atoms with Crippen LogP contribution in [0.3, 0.4) is 0 Å².